The van der Waals surface area contributed by atoms with Crippen LogP contribution in [0.25, 0.3) is 5.65 Å². The quantitative estimate of drug-likeness (QED) is 0.709. The Labute approximate surface area is 97.3 Å². The van der Waals surface area contributed by atoms with E-state index in [1.165, 1.54) is 11.4 Å². The Morgan fingerprint density at radius 1 is 1.19 bits per heavy atom. The molecule has 0 spiro atoms. The highest BCUT2D eigenvalue weighted by Crippen LogP contribution is 2.30. The van der Waals surface area contributed by atoms with Gasteiger partial charge in [0.05, 0.1) is 11.4 Å². The van der Waals surface area contributed by atoms with Crippen molar-refractivity contribution in [3.63, 3.8) is 0 Å². The van der Waals surface area contributed by atoms with Gasteiger partial charge in [0.25, 0.3) is 0 Å². The topological polar surface area (TPSA) is 17.3 Å². The molecule has 2 aromatic rings. The van der Waals surface area contributed by atoms with Crippen molar-refractivity contribution >= 4 is 5.65 Å². The minimum Gasteiger partial charge on any atom is -0.303 e. The highest BCUT2D eigenvalue weighted by atomic mass is 15.0. The minimum absolute atomic E-state index is 0.125. The van der Waals surface area contributed by atoms with E-state index in [0.29, 0.717) is 5.92 Å². The van der Waals surface area contributed by atoms with Crippen molar-refractivity contribution in [1.82, 2.24) is 9.38 Å². The molecule has 16 heavy (non-hydrogen) atoms. The predicted molar refractivity (Wildman–Crippen MR) is 68.0 cm³/mol. The SMILES string of the molecule is CC(C)c1nc2ccccn2c1C(C)(C)C. The molecule has 2 nitrogen and oxygen atoms in total. The molecule has 0 aliphatic heterocycles. The molecule has 0 amide bonds. The molecule has 0 aromatic carbocycles. The van der Waals surface area contributed by atoms with E-state index in [1.54, 1.807) is 0 Å². The molecule has 2 heteroatoms. The predicted octanol–water partition coefficient (Wildman–Crippen LogP) is 3.76. The lowest BCUT2D eigenvalue weighted by atomic mass is 9.88. The van der Waals surface area contributed by atoms with Gasteiger partial charge in [-0.05, 0) is 18.1 Å². The van der Waals surface area contributed by atoms with E-state index in [2.05, 4.69) is 57.3 Å². The average Bonchev–Trinajstić information content (AvgIpc) is 2.55. The van der Waals surface area contributed by atoms with Gasteiger partial charge in [-0.15, -0.1) is 0 Å². The van der Waals surface area contributed by atoms with Crippen LogP contribution in [0, 0.1) is 0 Å². The van der Waals surface area contributed by atoms with Gasteiger partial charge in [0.2, 0.25) is 0 Å². The van der Waals surface area contributed by atoms with E-state index < -0.39 is 0 Å². The second-order valence-electron chi connectivity index (χ2n) is 5.68. The van der Waals surface area contributed by atoms with Gasteiger partial charge in [0.1, 0.15) is 5.65 Å². The van der Waals surface area contributed by atoms with Crippen molar-refractivity contribution in [2.45, 2.75) is 46.0 Å². The number of aromatic nitrogens is 2. The molecule has 0 bridgehead atoms. The van der Waals surface area contributed by atoms with E-state index in [1.807, 2.05) is 6.07 Å². The Morgan fingerprint density at radius 2 is 1.88 bits per heavy atom. The zero-order valence-corrected chi connectivity index (χ0v) is 10.8. The Hall–Kier alpha value is -1.31. The van der Waals surface area contributed by atoms with Crippen LogP contribution >= 0.6 is 0 Å². The summed E-state index contributed by atoms with van der Waals surface area (Å²) in [6.07, 6.45) is 2.11. The smallest absolute Gasteiger partial charge is 0.137 e. The van der Waals surface area contributed by atoms with Crippen LogP contribution in [-0.4, -0.2) is 9.38 Å². The summed E-state index contributed by atoms with van der Waals surface area (Å²) in [4.78, 5) is 4.74. The second kappa shape index (κ2) is 3.62. The number of pyridine rings is 1. The van der Waals surface area contributed by atoms with Crippen molar-refractivity contribution in [2.75, 3.05) is 0 Å². The Bertz CT molecular complexity index is 501. The van der Waals surface area contributed by atoms with Crippen LogP contribution in [0.5, 0.6) is 0 Å². The van der Waals surface area contributed by atoms with Gasteiger partial charge in [0, 0.05) is 11.6 Å². The number of nitrogens with zero attached hydrogens (tertiary/aromatic N) is 2. The van der Waals surface area contributed by atoms with Crippen LogP contribution < -0.4 is 0 Å². The fourth-order valence-corrected chi connectivity index (χ4v) is 2.16. The normalized spacial score (nSPS) is 12.6. The van der Waals surface area contributed by atoms with Gasteiger partial charge in [-0.2, -0.15) is 0 Å². The highest BCUT2D eigenvalue weighted by Gasteiger charge is 2.25. The number of imidazole rings is 1. The second-order valence-corrected chi connectivity index (χ2v) is 5.68. The summed E-state index contributed by atoms with van der Waals surface area (Å²) in [6.45, 7) is 11.1. The third-order valence-corrected chi connectivity index (χ3v) is 2.81. The molecule has 0 saturated carbocycles. The van der Waals surface area contributed by atoms with E-state index in [9.17, 15) is 0 Å². The maximum atomic E-state index is 4.74. The summed E-state index contributed by atoms with van der Waals surface area (Å²) in [5, 5.41) is 0. The van der Waals surface area contributed by atoms with Crippen LogP contribution in [0.3, 0.4) is 0 Å². The Morgan fingerprint density at radius 3 is 2.44 bits per heavy atom. The fourth-order valence-electron chi connectivity index (χ4n) is 2.16. The van der Waals surface area contributed by atoms with Crippen LogP contribution in [0.15, 0.2) is 24.4 Å². The molecule has 0 saturated heterocycles. The number of hydrogen-bond acceptors (Lipinski definition) is 1. The van der Waals surface area contributed by atoms with Gasteiger partial charge in [0.15, 0.2) is 0 Å². The first-order chi connectivity index (χ1) is 7.41. The van der Waals surface area contributed by atoms with Crippen LogP contribution in [0.1, 0.15) is 51.9 Å². The summed E-state index contributed by atoms with van der Waals surface area (Å²) in [7, 11) is 0. The van der Waals surface area contributed by atoms with Gasteiger partial charge in [-0.3, -0.25) is 0 Å². The molecule has 2 heterocycles. The van der Waals surface area contributed by atoms with E-state index >= 15 is 0 Å². The first kappa shape index (κ1) is 11.2. The molecule has 0 aliphatic rings. The summed E-state index contributed by atoms with van der Waals surface area (Å²) in [6, 6.07) is 6.17. The third kappa shape index (κ3) is 1.73. The first-order valence-electron chi connectivity index (χ1n) is 5.88. The molecule has 86 valence electrons. The van der Waals surface area contributed by atoms with Crippen LogP contribution in [-0.2, 0) is 5.41 Å². The lowest BCUT2D eigenvalue weighted by molar-refractivity contribution is 0.549. The standard InChI is InChI=1S/C14H20N2/c1-10(2)12-13(14(3,4)5)16-9-7-6-8-11(16)15-12/h6-10H,1-5H3. The lowest BCUT2D eigenvalue weighted by Crippen LogP contribution is -2.17. The minimum atomic E-state index is 0.125. The summed E-state index contributed by atoms with van der Waals surface area (Å²) >= 11 is 0. The number of rotatable bonds is 1. The van der Waals surface area contributed by atoms with Crippen molar-refractivity contribution in [3.8, 4) is 0 Å². The van der Waals surface area contributed by atoms with Gasteiger partial charge in [-0.25, -0.2) is 4.98 Å². The van der Waals surface area contributed by atoms with E-state index in [-0.39, 0.29) is 5.41 Å². The van der Waals surface area contributed by atoms with Crippen LogP contribution in [0.2, 0.25) is 0 Å². The lowest BCUT2D eigenvalue weighted by Gasteiger charge is -2.21. The molecule has 0 N–H and O–H groups in total. The van der Waals surface area contributed by atoms with Crippen molar-refractivity contribution in [2.24, 2.45) is 0 Å². The van der Waals surface area contributed by atoms with Crippen molar-refractivity contribution < 1.29 is 0 Å². The molecule has 0 atom stereocenters. The molecular weight excluding hydrogens is 196 g/mol. The summed E-state index contributed by atoms with van der Waals surface area (Å²) < 4.78 is 2.22. The first-order valence-corrected chi connectivity index (χ1v) is 5.88. The third-order valence-electron chi connectivity index (χ3n) is 2.81. The number of fused-ring (bicyclic) bond motifs is 1. The molecule has 0 fully saturated rings. The highest BCUT2D eigenvalue weighted by molar-refractivity contribution is 5.45. The summed E-state index contributed by atoms with van der Waals surface area (Å²) in [5.74, 6) is 0.467. The average molecular weight is 216 g/mol. The zero-order valence-electron chi connectivity index (χ0n) is 10.8. The largest absolute Gasteiger partial charge is 0.303 e. The van der Waals surface area contributed by atoms with Gasteiger partial charge >= 0.3 is 0 Å². The zero-order chi connectivity index (χ0) is 11.9. The van der Waals surface area contributed by atoms with E-state index in [4.69, 9.17) is 4.98 Å². The van der Waals surface area contributed by atoms with Crippen molar-refractivity contribution in [1.29, 1.82) is 0 Å². The molecule has 0 unspecified atom stereocenters. The maximum Gasteiger partial charge on any atom is 0.137 e. The number of hydrogen-bond donors (Lipinski definition) is 0. The molecular formula is C14H20N2. The van der Waals surface area contributed by atoms with Crippen molar-refractivity contribution in [3.05, 3.63) is 35.8 Å². The van der Waals surface area contributed by atoms with Crippen LogP contribution in [0.4, 0.5) is 0 Å². The molecule has 2 aromatic heterocycles. The summed E-state index contributed by atoms with van der Waals surface area (Å²) in [5.41, 5.74) is 3.73. The molecule has 2 rings (SSSR count). The monoisotopic (exact) mass is 216 g/mol. The molecule has 0 aliphatic carbocycles. The Balaban J connectivity index is 2.80. The van der Waals surface area contributed by atoms with Gasteiger partial charge < -0.3 is 4.40 Å². The molecule has 0 radical (unpaired) electrons. The van der Waals surface area contributed by atoms with E-state index in [0.717, 1.165) is 5.65 Å². The maximum absolute atomic E-state index is 4.74. The fraction of sp³-hybridized carbons (Fsp3) is 0.500. The van der Waals surface area contributed by atoms with Gasteiger partial charge in [-0.1, -0.05) is 40.7 Å². The Kier molecular flexibility index (Phi) is 2.53.